The molecule has 1 aliphatic heterocycles. The molecular formula is C14H12F4N4O2. The van der Waals surface area contributed by atoms with Crippen LogP contribution < -0.4 is 5.56 Å². The first-order valence-corrected chi connectivity index (χ1v) is 7.00. The Labute approximate surface area is 132 Å². The van der Waals surface area contributed by atoms with Crippen LogP contribution >= 0.6 is 0 Å². The summed E-state index contributed by atoms with van der Waals surface area (Å²) in [6, 6.07) is 1.95. The van der Waals surface area contributed by atoms with Crippen LogP contribution in [0.25, 0.3) is 0 Å². The van der Waals surface area contributed by atoms with E-state index in [2.05, 4.69) is 4.98 Å². The first-order valence-electron chi connectivity index (χ1n) is 7.00. The van der Waals surface area contributed by atoms with Gasteiger partial charge in [-0.15, -0.1) is 0 Å². The fraction of sp³-hybridized carbons (Fsp3) is 0.357. The van der Waals surface area contributed by atoms with Gasteiger partial charge in [0.1, 0.15) is 12.4 Å². The molecular weight excluding hydrogens is 332 g/mol. The van der Waals surface area contributed by atoms with Gasteiger partial charge in [-0.25, -0.2) is 9.37 Å². The summed E-state index contributed by atoms with van der Waals surface area (Å²) in [6.45, 7) is -0.352. The van der Waals surface area contributed by atoms with Gasteiger partial charge in [-0.3, -0.25) is 9.59 Å². The lowest BCUT2D eigenvalue weighted by atomic mass is 10.2. The smallest absolute Gasteiger partial charge is 0.333 e. The molecule has 0 bridgehead atoms. The van der Waals surface area contributed by atoms with E-state index >= 15 is 0 Å². The fourth-order valence-electron chi connectivity index (χ4n) is 2.58. The van der Waals surface area contributed by atoms with Crippen molar-refractivity contribution in [1.82, 2.24) is 19.0 Å². The lowest BCUT2D eigenvalue weighted by molar-refractivity contribution is -0.143. The normalized spacial score (nSPS) is 14.6. The number of fused-ring (bicyclic) bond motifs is 1. The van der Waals surface area contributed by atoms with Gasteiger partial charge >= 0.3 is 6.18 Å². The van der Waals surface area contributed by atoms with Crippen molar-refractivity contribution in [2.45, 2.75) is 25.8 Å². The summed E-state index contributed by atoms with van der Waals surface area (Å²) in [4.78, 5) is 28.4. The predicted molar refractivity (Wildman–Crippen MR) is 73.3 cm³/mol. The Morgan fingerprint density at radius 1 is 1.25 bits per heavy atom. The average molecular weight is 344 g/mol. The van der Waals surface area contributed by atoms with Crippen molar-refractivity contribution in [1.29, 1.82) is 0 Å². The van der Waals surface area contributed by atoms with Crippen LogP contribution in [0.5, 0.6) is 0 Å². The Hall–Kier alpha value is -2.65. The summed E-state index contributed by atoms with van der Waals surface area (Å²) in [5.41, 5.74) is -1.70. The number of aromatic nitrogens is 3. The number of carbonyl (C=O) groups excluding carboxylic acids is 1. The van der Waals surface area contributed by atoms with Gasteiger partial charge in [0.25, 0.3) is 5.56 Å². The van der Waals surface area contributed by atoms with E-state index in [1.165, 1.54) is 9.47 Å². The Balaban J connectivity index is 1.80. The van der Waals surface area contributed by atoms with E-state index < -0.39 is 35.7 Å². The van der Waals surface area contributed by atoms with E-state index in [9.17, 15) is 27.2 Å². The third-order valence-corrected chi connectivity index (χ3v) is 3.77. The molecule has 3 heterocycles. The molecule has 0 fully saturated rings. The maximum atomic E-state index is 13.2. The minimum Gasteiger partial charge on any atom is -0.333 e. The zero-order chi connectivity index (χ0) is 17.5. The van der Waals surface area contributed by atoms with Gasteiger partial charge in [0, 0.05) is 25.4 Å². The molecule has 0 aliphatic carbocycles. The third kappa shape index (κ3) is 3.03. The molecule has 1 amide bonds. The zero-order valence-corrected chi connectivity index (χ0v) is 12.3. The zero-order valence-electron chi connectivity index (χ0n) is 12.3. The number of amides is 1. The minimum absolute atomic E-state index is 0.103. The first-order chi connectivity index (χ1) is 11.3. The topological polar surface area (TPSA) is 60.1 Å². The maximum absolute atomic E-state index is 13.2. The number of hydrogen-bond donors (Lipinski definition) is 0. The molecule has 0 N–H and O–H groups in total. The number of halogens is 4. The van der Waals surface area contributed by atoms with Crippen LogP contribution in [0.4, 0.5) is 17.6 Å². The first kappa shape index (κ1) is 16.2. The molecule has 2 aromatic heterocycles. The summed E-state index contributed by atoms with van der Waals surface area (Å²) >= 11 is 0. The molecule has 0 saturated heterocycles. The lowest BCUT2D eigenvalue weighted by Crippen LogP contribution is -2.41. The number of rotatable bonds is 2. The maximum Gasteiger partial charge on any atom is 0.435 e. The molecule has 0 aromatic carbocycles. The van der Waals surface area contributed by atoms with E-state index in [1.807, 2.05) is 0 Å². The number of imidazole rings is 1. The average Bonchev–Trinajstić information content (AvgIpc) is 2.94. The standard InChI is InChI=1S/C14H12F4N4O2/c15-9-1-2-11(23)22(5-9)7-12(24)20-3-4-21-8-19-13(10(21)6-20)14(16,17)18/h1-2,5,8H,3-4,6-7H2. The number of hydrogen-bond acceptors (Lipinski definition) is 3. The molecule has 0 spiro atoms. The summed E-state index contributed by atoms with van der Waals surface area (Å²) in [5.74, 6) is -1.25. The number of pyridine rings is 1. The number of carbonyl (C=O) groups is 1. The van der Waals surface area contributed by atoms with Crippen molar-refractivity contribution in [3.8, 4) is 0 Å². The van der Waals surface area contributed by atoms with Gasteiger partial charge in [-0.1, -0.05) is 0 Å². The van der Waals surface area contributed by atoms with Crippen molar-refractivity contribution >= 4 is 5.91 Å². The molecule has 2 aromatic rings. The van der Waals surface area contributed by atoms with Crippen LogP contribution in [-0.2, 0) is 30.6 Å². The third-order valence-electron chi connectivity index (χ3n) is 3.77. The van der Waals surface area contributed by atoms with Gasteiger partial charge < -0.3 is 14.0 Å². The molecule has 1 aliphatic rings. The van der Waals surface area contributed by atoms with Crippen LogP contribution in [0.3, 0.4) is 0 Å². The Morgan fingerprint density at radius 2 is 2.00 bits per heavy atom. The molecule has 128 valence electrons. The van der Waals surface area contributed by atoms with E-state index in [-0.39, 0.29) is 25.3 Å². The largest absolute Gasteiger partial charge is 0.435 e. The van der Waals surface area contributed by atoms with Crippen LogP contribution in [0, 0.1) is 5.82 Å². The highest BCUT2D eigenvalue weighted by Crippen LogP contribution is 2.32. The molecule has 0 atom stereocenters. The fourth-order valence-corrected chi connectivity index (χ4v) is 2.58. The van der Waals surface area contributed by atoms with Crippen LogP contribution in [0.2, 0.25) is 0 Å². The second-order valence-electron chi connectivity index (χ2n) is 5.36. The van der Waals surface area contributed by atoms with Crippen LogP contribution in [-0.4, -0.2) is 31.5 Å². The summed E-state index contributed by atoms with van der Waals surface area (Å²) < 4.78 is 54.1. The lowest BCUT2D eigenvalue weighted by Gasteiger charge is -2.29. The Kier molecular flexibility index (Phi) is 3.90. The molecule has 0 saturated carbocycles. The second-order valence-corrected chi connectivity index (χ2v) is 5.36. The summed E-state index contributed by atoms with van der Waals surface area (Å²) in [5, 5.41) is 0. The molecule has 3 rings (SSSR count). The number of alkyl halides is 3. The minimum atomic E-state index is -4.61. The van der Waals surface area contributed by atoms with E-state index in [0.717, 1.165) is 29.2 Å². The molecule has 0 unspecified atom stereocenters. The highest BCUT2D eigenvalue weighted by atomic mass is 19.4. The number of nitrogens with zero attached hydrogens (tertiary/aromatic N) is 4. The highest BCUT2D eigenvalue weighted by molar-refractivity contribution is 5.76. The quantitative estimate of drug-likeness (QED) is 0.771. The predicted octanol–water partition coefficient (Wildman–Crippen LogP) is 1.25. The van der Waals surface area contributed by atoms with Crippen LogP contribution in [0.1, 0.15) is 11.4 Å². The monoisotopic (exact) mass is 344 g/mol. The van der Waals surface area contributed by atoms with Crippen molar-refractivity contribution in [3.63, 3.8) is 0 Å². The Morgan fingerprint density at radius 3 is 2.71 bits per heavy atom. The molecule has 10 heteroatoms. The van der Waals surface area contributed by atoms with Gasteiger partial charge in [0.2, 0.25) is 5.91 Å². The van der Waals surface area contributed by atoms with Crippen molar-refractivity contribution < 1.29 is 22.4 Å². The van der Waals surface area contributed by atoms with Crippen LogP contribution in [0.15, 0.2) is 29.5 Å². The van der Waals surface area contributed by atoms with E-state index in [4.69, 9.17) is 0 Å². The molecule has 24 heavy (non-hydrogen) atoms. The van der Waals surface area contributed by atoms with Gasteiger partial charge in [0.15, 0.2) is 5.69 Å². The van der Waals surface area contributed by atoms with E-state index in [1.54, 1.807) is 0 Å². The SMILES string of the molecule is O=C(Cn1cc(F)ccc1=O)N1CCn2cnc(C(F)(F)F)c2C1. The van der Waals surface area contributed by atoms with Crippen molar-refractivity contribution in [2.24, 2.45) is 0 Å². The summed E-state index contributed by atoms with van der Waals surface area (Å²) in [6.07, 6.45) is -2.63. The van der Waals surface area contributed by atoms with E-state index in [0.29, 0.717) is 0 Å². The highest BCUT2D eigenvalue weighted by Gasteiger charge is 2.39. The molecule has 6 nitrogen and oxygen atoms in total. The van der Waals surface area contributed by atoms with Gasteiger partial charge in [-0.05, 0) is 6.07 Å². The molecule has 0 radical (unpaired) electrons. The van der Waals surface area contributed by atoms with Crippen molar-refractivity contribution in [3.05, 3.63) is 52.2 Å². The van der Waals surface area contributed by atoms with Crippen molar-refractivity contribution in [2.75, 3.05) is 6.54 Å². The summed E-state index contributed by atoms with van der Waals surface area (Å²) in [7, 11) is 0. The Bertz CT molecular complexity index is 840. The second kappa shape index (κ2) is 5.77. The van der Waals surface area contributed by atoms with Gasteiger partial charge in [0.05, 0.1) is 18.6 Å². The van der Waals surface area contributed by atoms with Gasteiger partial charge in [-0.2, -0.15) is 13.2 Å².